The van der Waals surface area contributed by atoms with E-state index in [2.05, 4.69) is 37.3 Å². The fraction of sp³-hybridized carbons (Fsp3) is 0.368. The summed E-state index contributed by atoms with van der Waals surface area (Å²) in [4.78, 5) is 0. The number of aryl methyl sites for hydroxylation is 1. The van der Waals surface area contributed by atoms with Crippen molar-refractivity contribution in [1.82, 2.24) is 0 Å². The van der Waals surface area contributed by atoms with Gasteiger partial charge in [0.05, 0.1) is 0 Å². The van der Waals surface area contributed by atoms with Crippen LogP contribution >= 0.6 is 11.6 Å². The van der Waals surface area contributed by atoms with Gasteiger partial charge in [-0.25, -0.2) is 0 Å². The third kappa shape index (κ3) is 3.14. The molecule has 3 rings (SSSR count). The molecular formula is C19H22ClN. The van der Waals surface area contributed by atoms with E-state index in [0.717, 1.165) is 17.0 Å². The molecule has 0 heterocycles. The minimum Gasteiger partial charge on any atom is -0.322 e. The SMILES string of the molecule is CC(N)(CC1CCCc2ccccc21)c1cccc(Cl)c1. The van der Waals surface area contributed by atoms with E-state index in [9.17, 15) is 0 Å². The Kier molecular flexibility index (Phi) is 4.05. The molecule has 0 aromatic heterocycles. The second-order valence-electron chi connectivity index (χ2n) is 6.42. The first-order valence-electron chi connectivity index (χ1n) is 7.69. The Morgan fingerprint density at radius 2 is 2.00 bits per heavy atom. The van der Waals surface area contributed by atoms with Crippen LogP contribution in [0.4, 0.5) is 0 Å². The number of rotatable bonds is 3. The van der Waals surface area contributed by atoms with E-state index in [1.807, 2.05) is 18.2 Å². The smallest absolute Gasteiger partial charge is 0.0409 e. The molecule has 2 aromatic carbocycles. The summed E-state index contributed by atoms with van der Waals surface area (Å²) in [6.45, 7) is 2.12. The van der Waals surface area contributed by atoms with Crippen LogP contribution in [0, 0.1) is 0 Å². The molecule has 1 nitrogen and oxygen atoms in total. The Morgan fingerprint density at radius 3 is 2.81 bits per heavy atom. The summed E-state index contributed by atoms with van der Waals surface area (Å²) < 4.78 is 0. The van der Waals surface area contributed by atoms with Crippen molar-refractivity contribution in [1.29, 1.82) is 0 Å². The van der Waals surface area contributed by atoms with Gasteiger partial charge in [0, 0.05) is 10.6 Å². The molecule has 0 fully saturated rings. The first-order chi connectivity index (χ1) is 10.1. The third-order valence-electron chi connectivity index (χ3n) is 4.65. The highest BCUT2D eigenvalue weighted by atomic mass is 35.5. The summed E-state index contributed by atoms with van der Waals surface area (Å²) in [6, 6.07) is 16.8. The standard InChI is InChI=1S/C19H22ClN/c1-19(21,16-9-5-10-17(20)12-16)13-15-8-4-7-14-6-2-3-11-18(14)15/h2-3,5-6,9-12,15H,4,7-8,13,21H2,1H3. The maximum Gasteiger partial charge on any atom is 0.0409 e. The summed E-state index contributed by atoms with van der Waals surface area (Å²) in [6.07, 6.45) is 4.65. The highest BCUT2D eigenvalue weighted by molar-refractivity contribution is 6.30. The summed E-state index contributed by atoms with van der Waals surface area (Å²) in [5.41, 5.74) is 10.4. The second kappa shape index (κ2) is 5.82. The average Bonchev–Trinajstić information content (AvgIpc) is 2.47. The molecule has 21 heavy (non-hydrogen) atoms. The summed E-state index contributed by atoms with van der Waals surface area (Å²) in [7, 11) is 0. The van der Waals surface area contributed by atoms with Gasteiger partial charge in [-0.1, -0.05) is 48.0 Å². The Hall–Kier alpha value is -1.31. The van der Waals surface area contributed by atoms with Crippen LogP contribution < -0.4 is 5.73 Å². The zero-order valence-corrected chi connectivity index (χ0v) is 13.2. The van der Waals surface area contributed by atoms with Crippen LogP contribution in [0.3, 0.4) is 0 Å². The first kappa shape index (κ1) is 14.6. The lowest BCUT2D eigenvalue weighted by molar-refractivity contribution is 0.376. The summed E-state index contributed by atoms with van der Waals surface area (Å²) >= 11 is 6.12. The van der Waals surface area contributed by atoms with E-state index in [1.165, 1.54) is 30.4 Å². The van der Waals surface area contributed by atoms with Crippen LogP contribution in [0.2, 0.25) is 5.02 Å². The van der Waals surface area contributed by atoms with Crippen molar-refractivity contribution in [3.05, 3.63) is 70.2 Å². The van der Waals surface area contributed by atoms with E-state index >= 15 is 0 Å². The molecule has 2 aromatic rings. The molecule has 2 unspecified atom stereocenters. The van der Waals surface area contributed by atoms with E-state index in [4.69, 9.17) is 17.3 Å². The van der Waals surface area contributed by atoms with Gasteiger partial charge < -0.3 is 5.73 Å². The van der Waals surface area contributed by atoms with Crippen LogP contribution in [0.1, 0.15) is 48.8 Å². The lowest BCUT2D eigenvalue weighted by atomic mass is 9.74. The van der Waals surface area contributed by atoms with Crippen molar-refractivity contribution < 1.29 is 0 Å². The molecule has 110 valence electrons. The van der Waals surface area contributed by atoms with Crippen LogP contribution in [-0.4, -0.2) is 0 Å². The molecule has 0 bridgehead atoms. The van der Waals surface area contributed by atoms with Crippen LogP contribution in [0.15, 0.2) is 48.5 Å². The van der Waals surface area contributed by atoms with Crippen LogP contribution in [-0.2, 0) is 12.0 Å². The number of hydrogen-bond donors (Lipinski definition) is 1. The molecular weight excluding hydrogens is 278 g/mol. The summed E-state index contributed by atoms with van der Waals surface area (Å²) in [5, 5.41) is 0.758. The van der Waals surface area contributed by atoms with Gasteiger partial charge in [0.1, 0.15) is 0 Å². The van der Waals surface area contributed by atoms with Crippen LogP contribution in [0.25, 0.3) is 0 Å². The normalized spacial score (nSPS) is 20.6. The number of fused-ring (bicyclic) bond motifs is 1. The molecule has 0 spiro atoms. The highest BCUT2D eigenvalue weighted by Gasteiger charge is 2.29. The lowest BCUT2D eigenvalue weighted by Crippen LogP contribution is -2.35. The van der Waals surface area contributed by atoms with Crippen molar-refractivity contribution in [3.63, 3.8) is 0 Å². The van der Waals surface area contributed by atoms with Crippen molar-refractivity contribution in [2.24, 2.45) is 5.73 Å². The zero-order valence-electron chi connectivity index (χ0n) is 12.5. The summed E-state index contributed by atoms with van der Waals surface area (Å²) in [5.74, 6) is 0.545. The average molecular weight is 300 g/mol. The first-order valence-corrected chi connectivity index (χ1v) is 8.07. The minimum absolute atomic E-state index is 0.347. The van der Waals surface area contributed by atoms with Crippen molar-refractivity contribution >= 4 is 11.6 Å². The van der Waals surface area contributed by atoms with E-state index in [-0.39, 0.29) is 5.54 Å². The number of benzene rings is 2. The van der Waals surface area contributed by atoms with Gasteiger partial charge >= 0.3 is 0 Å². The van der Waals surface area contributed by atoms with Crippen molar-refractivity contribution in [3.8, 4) is 0 Å². The Balaban J connectivity index is 1.86. The number of hydrogen-bond acceptors (Lipinski definition) is 1. The van der Waals surface area contributed by atoms with Crippen molar-refractivity contribution in [2.75, 3.05) is 0 Å². The van der Waals surface area contributed by atoms with Gasteiger partial charge in [-0.15, -0.1) is 0 Å². The molecule has 0 saturated carbocycles. The van der Waals surface area contributed by atoms with E-state index in [1.54, 1.807) is 0 Å². The topological polar surface area (TPSA) is 26.0 Å². The Bertz CT molecular complexity index is 633. The fourth-order valence-electron chi connectivity index (χ4n) is 3.54. The fourth-order valence-corrected chi connectivity index (χ4v) is 3.73. The number of nitrogens with two attached hydrogens (primary N) is 1. The molecule has 1 aliphatic carbocycles. The highest BCUT2D eigenvalue weighted by Crippen LogP contribution is 2.39. The van der Waals surface area contributed by atoms with Gasteiger partial charge in [-0.2, -0.15) is 0 Å². The molecule has 2 atom stereocenters. The third-order valence-corrected chi connectivity index (χ3v) is 4.88. The lowest BCUT2D eigenvalue weighted by Gasteiger charge is -2.33. The number of halogens is 1. The van der Waals surface area contributed by atoms with Crippen LogP contribution in [0.5, 0.6) is 0 Å². The van der Waals surface area contributed by atoms with Gasteiger partial charge in [-0.3, -0.25) is 0 Å². The molecule has 0 amide bonds. The van der Waals surface area contributed by atoms with E-state index in [0.29, 0.717) is 5.92 Å². The van der Waals surface area contributed by atoms with Crippen molar-refractivity contribution in [2.45, 2.75) is 44.1 Å². The molecule has 0 aliphatic heterocycles. The Labute approximate surface area is 132 Å². The maximum absolute atomic E-state index is 6.64. The second-order valence-corrected chi connectivity index (χ2v) is 6.86. The monoisotopic (exact) mass is 299 g/mol. The molecule has 2 heteroatoms. The maximum atomic E-state index is 6.64. The molecule has 1 aliphatic rings. The van der Waals surface area contributed by atoms with Gasteiger partial charge in [0.15, 0.2) is 0 Å². The zero-order chi connectivity index (χ0) is 14.9. The van der Waals surface area contributed by atoms with Gasteiger partial charge in [-0.05, 0) is 67.3 Å². The predicted molar refractivity (Wildman–Crippen MR) is 89.7 cm³/mol. The molecule has 0 saturated heterocycles. The predicted octanol–water partition coefficient (Wildman–Crippen LogP) is 5.02. The molecule has 2 N–H and O–H groups in total. The minimum atomic E-state index is -0.347. The quantitative estimate of drug-likeness (QED) is 0.845. The largest absolute Gasteiger partial charge is 0.322 e. The van der Waals surface area contributed by atoms with Gasteiger partial charge in [0.25, 0.3) is 0 Å². The Morgan fingerprint density at radius 1 is 1.19 bits per heavy atom. The van der Waals surface area contributed by atoms with E-state index < -0.39 is 0 Å². The van der Waals surface area contributed by atoms with Gasteiger partial charge in [0.2, 0.25) is 0 Å². The molecule has 0 radical (unpaired) electrons.